The molecule has 0 fully saturated rings. The van der Waals surface area contributed by atoms with E-state index in [4.69, 9.17) is 0 Å². The molecule has 2 aliphatic rings. The van der Waals surface area contributed by atoms with Crippen LogP contribution in [0.1, 0.15) is 37.5 Å². The third-order valence-corrected chi connectivity index (χ3v) is 4.81. The predicted octanol–water partition coefficient (Wildman–Crippen LogP) is 0.992. The second-order valence-corrected chi connectivity index (χ2v) is 6.74. The summed E-state index contributed by atoms with van der Waals surface area (Å²) in [6.07, 6.45) is -0.296. The quantitative estimate of drug-likeness (QED) is 0.672. The van der Waals surface area contributed by atoms with Crippen LogP contribution < -0.4 is 16.0 Å². The smallest absolute Gasteiger partial charge is 0.261 e. The number of nitrogens with zero attached hydrogens (tertiary/aromatic N) is 1. The molecule has 9 heteroatoms. The molecule has 29 heavy (non-hydrogen) atoms. The SMILES string of the molecule is CN1C(=O)c2ccc(NC(=O)C[C@@H]3NC(=O)c4ccccc4NC3=O)cc2C1=O. The zero-order chi connectivity index (χ0) is 20.7. The molecule has 0 aliphatic carbocycles. The van der Waals surface area contributed by atoms with Gasteiger partial charge >= 0.3 is 0 Å². The van der Waals surface area contributed by atoms with E-state index in [2.05, 4.69) is 16.0 Å². The highest BCUT2D eigenvalue weighted by Gasteiger charge is 2.33. The Labute approximate surface area is 165 Å². The number of hydrogen-bond donors (Lipinski definition) is 3. The number of imide groups is 1. The first-order valence-electron chi connectivity index (χ1n) is 8.82. The molecule has 0 bridgehead atoms. The van der Waals surface area contributed by atoms with Gasteiger partial charge in [0, 0.05) is 12.7 Å². The molecule has 0 spiro atoms. The minimum atomic E-state index is -1.06. The van der Waals surface area contributed by atoms with Crippen LogP contribution in [0.5, 0.6) is 0 Å². The highest BCUT2D eigenvalue weighted by atomic mass is 16.2. The van der Waals surface area contributed by atoms with E-state index in [0.717, 1.165) is 4.90 Å². The van der Waals surface area contributed by atoms with Gasteiger partial charge in [-0.05, 0) is 30.3 Å². The summed E-state index contributed by atoms with van der Waals surface area (Å²) in [6.45, 7) is 0. The number of nitrogens with one attached hydrogen (secondary N) is 3. The van der Waals surface area contributed by atoms with Gasteiger partial charge in [-0.25, -0.2) is 0 Å². The molecular weight excluding hydrogens is 376 g/mol. The summed E-state index contributed by atoms with van der Waals surface area (Å²) in [7, 11) is 1.38. The molecule has 0 saturated heterocycles. The third kappa shape index (κ3) is 3.22. The van der Waals surface area contributed by atoms with Gasteiger partial charge in [-0.1, -0.05) is 12.1 Å². The maximum absolute atomic E-state index is 12.4. The second-order valence-electron chi connectivity index (χ2n) is 6.74. The molecule has 3 N–H and O–H groups in total. The fourth-order valence-electron chi connectivity index (χ4n) is 3.29. The van der Waals surface area contributed by atoms with Crippen molar-refractivity contribution in [3.8, 4) is 0 Å². The molecular formula is C20H16N4O5. The van der Waals surface area contributed by atoms with E-state index in [9.17, 15) is 24.0 Å². The first-order valence-corrected chi connectivity index (χ1v) is 8.82. The number of hydrogen-bond acceptors (Lipinski definition) is 5. The Morgan fingerprint density at radius 3 is 2.52 bits per heavy atom. The molecule has 146 valence electrons. The van der Waals surface area contributed by atoms with Crippen molar-refractivity contribution in [2.75, 3.05) is 17.7 Å². The number of carbonyl (C=O) groups is 5. The Hall–Kier alpha value is -4.01. The van der Waals surface area contributed by atoms with Crippen LogP contribution in [0.2, 0.25) is 0 Å². The summed E-state index contributed by atoms with van der Waals surface area (Å²) in [5.41, 5.74) is 1.47. The van der Waals surface area contributed by atoms with Crippen LogP contribution >= 0.6 is 0 Å². The number of anilines is 2. The lowest BCUT2D eigenvalue weighted by molar-refractivity contribution is -0.122. The van der Waals surface area contributed by atoms with Gasteiger partial charge in [-0.15, -0.1) is 0 Å². The van der Waals surface area contributed by atoms with E-state index in [1.807, 2.05) is 0 Å². The van der Waals surface area contributed by atoms with Crippen molar-refractivity contribution >= 4 is 40.9 Å². The molecule has 2 aromatic carbocycles. The lowest BCUT2D eigenvalue weighted by Crippen LogP contribution is -2.43. The van der Waals surface area contributed by atoms with Crippen molar-refractivity contribution < 1.29 is 24.0 Å². The number of fused-ring (bicyclic) bond motifs is 2. The van der Waals surface area contributed by atoms with Gasteiger partial charge in [-0.3, -0.25) is 28.9 Å². The number of benzene rings is 2. The number of amides is 5. The van der Waals surface area contributed by atoms with E-state index < -0.39 is 35.6 Å². The number of para-hydroxylation sites is 1. The van der Waals surface area contributed by atoms with Crippen molar-refractivity contribution in [1.29, 1.82) is 0 Å². The van der Waals surface area contributed by atoms with Gasteiger partial charge in [0.2, 0.25) is 11.8 Å². The molecule has 5 amide bonds. The molecule has 0 saturated carbocycles. The molecule has 2 aliphatic heterocycles. The van der Waals surface area contributed by atoms with E-state index in [0.29, 0.717) is 16.9 Å². The third-order valence-electron chi connectivity index (χ3n) is 4.81. The molecule has 4 rings (SSSR count). The van der Waals surface area contributed by atoms with Gasteiger partial charge in [0.05, 0.1) is 28.8 Å². The van der Waals surface area contributed by atoms with Crippen LogP contribution in [0, 0.1) is 0 Å². The Morgan fingerprint density at radius 1 is 1.00 bits per heavy atom. The Bertz CT molecular complexity index is 1090. The van der Waals surface area contributed by atoms with E-state index in [1.54, 1.807) is 24.3 Å². The summed E-state index contributed by atoms with van der Waals surface area (Å²) in [6, 6.07) is 9.87. The van der Waals surface area contributed by atoms with E-state index in [1.165, 1.54) is 25.2 Å². The molecule has 9 nitrogen and oxygen atoms in total. The second kappa shape index (κ2) is 6.86. The summed E-state index contributed by atoms with van der Waals surface area (Å²) in [5, 5.41) is 7.77. The largest absolute Gasteiger partial charge is 0.340 e. The topological polar surface area (TPSA) is 125 Å². The van der Waals surface area contributed by atoms with Crippen molar-refractivity contribution in [2.45, 2.75) is 12.5 Å². The van der Waals surface area contributed by atoms with Crippen molar-refractivity contribution in [3.05, 3.63) is 59.2 Å². The average Bonchev–Trinajstić information content (AvgIpc) is 2.83. The predicted molar refractivity (Wildman–Crippen MR) is 102 cm³/mol. The Kier molecular flexibility index (Phi) is 4.34. The zero-order valence-electron chi connectivity index (χ0n) is 15.3. The van der Waals surface area contributed by atoms with Gasteiger partial charge in [0.1, 0.15) is 6.04 Å². The standard InChI is InChI=1S/C20H16N4O5/c1-24-19(28)11-7-6-10(8-13(11)20(24)29)21-16(25)9-15-18(27)22-14-5-3-2-4-12(14)17(26)23-15/h2-8,15H,9H2,1H3,(H,21,25)(H,22,27)(H,23,26)/t15-/m0/s1. The van der Waals surface area contributed by atoms with E-state index in [-0.39, 0.29) is 17.5 Å². The first-order chi connectivity index (χ1) is 13.8. The first kappa shape index (κ1) is 18.4. The highest BCUT2D eigenvalue weighted by molar-refractivity contribution is 6.21. The fraction of sp³-hybridized carbons (Fsp3) is 0.150. The molecule has 2 heterocycles. The summed E-state index contributed by atoms with van der Waals surface area (Å²) < 4.78 is 0. The highest BCUT2D eigenvalue weighted by Crippen LogP contribution is 2.25. The lowest BCUT2D eigenvalue weighted by atomic mass is 10.1. The minimum absolute atomic E-state index is 0.200. The van der Waals surface area contributed by atoms with Crippen LogP contribution in [-0.4, -0.2) is 47.5 Å². The molecule has 0 radical (unpaired) electrons. The number of rotatable bonds is 3. The van der Waals surface area contributed by atoms with Gasteiger partial charge in [0.15, 0.2) is 0 Å². The van der Waals surface area contributed by atoms with E-state index >= 15 is 0 Å². The molecule has 0 unspecified atom stereocenters. The van der Waals surface area contributed by atoms with Crippen LogP contribution in [0.4, 0.5) is 11.4 Å². The van der Waals surface area contributed by atoms with Crippen LogP contribution in [-0.2, 0) is 9.59 Å². The average molecular weight is 392 g/mol. The molecule has 1 atom stereocenters. The van der Waals surface area contributed by atoms with Gasteiger partial charge in [0.25, 0.3) is 17.7 Å². The monoisotopic (exact) mass is 392 g/mol. The van der Waals surface area contributed by atoms with Gasteiger partial charge < -0.3 is 16.0 Å². The minimum Gasteiger partial charge on any atom is -0.340 e. The lowest BCUT2D eigenvalue weighted by Gasteiger charge is -2.14. The molecule has 0 aromatic heterocycles. The van der Waals surface area contributed by atoms with Crippen molar-refractivity contribution in [3.63, 3.8) is 0 Å². The Balaban J connectivity index is 1.47. The maximum atomic E-state index is 12.4. The van der Waals surface area contributed by atoms with Crippen molar-refractivity contribution in [2.24, 2.45) is 0 Å². The van der Waals surface area contributed by atoms with Crippen LogP contribution in [0.25, 0.3) is 0 Å². The van der Waals surface area contributed by atoms with Gasteiger partial charge in [-0.2, -0.15) is 0 Å². The molecule has 2 aromatic rings. The zero-order valence-corrected chi connectivity index (χ0v) is 15.3. The van der Waals surface area contributed by atoms with Crippen LogP contribution in [0.3, 0.4) is 0 Å². The summed E-state index contributed by atoms with van der Waals surface area (Å²) in [5.74, 6) is -2.34. The summed E-state index contributed by atoms with van der Waals surface area (Å²) in [4.78, 5) is 62.1. The maximum Gasteiger partial charge on any atom is 0.261 e. The fourth-order valence-corrected chi connectivity index (χ4v) is 3.29. The normalized spacial score (nSPS) is 17.8. The Morgan fingerprint density at radius 2 is 1.72 bits per heavy atom. The van der Waals surface area contributed by atoms with Crippen molar-refractivity contribution in [1.82, 2.24) is 10.2 Å². The number of carbonyl (C=O) groups excluding carboxylic acids is 5. The summed E-state index contributed by atoms with van der Waals surface area (Å²) >= 11 is 0. The van der Waals surface area contributed by atoms with Crippen LogP contribution in [0.15, 0.2) is 42.5 Å².